The largest absolute Gasteiger partial charge is 0.364 e. The highest BCUT2D eigenvalue weighted by molar-refractivity contribution is 6.21. The molecule has 2 N–H and O–H groups in total. The maximum Gasteiger partial charge on any atom is 0.267 e. The van der Waals surface area contributed by atoms with Gasteiger partial charge in [-0.1, -0.05) is 6.92 Å². The average molecular weight is 387 g/mol. The molecule has 3 aliphatic rings. The molecular formula is C18H31ClN4O3. The molecule has 3 fully saturated rings. The van der Waals surface area contributed by atoms with Crippen molar-refractivity contribution in [3.05, 3.63) is 0 Å². The molecule has 0 aromatic rings. The Kier molecular flexibility index (Phi) is 6.11. The Hall–Kier alpha value is -0.890. The van der Waals surface area contributed by atoms with Gasteiger partial charge < -0.3 is 4.74 Å². The van der Waals surface area contributed by atoms with Crippen LogP contribution in [-0.4, -0.2) is 64.1 Å². The number of carbonyl (C=O) groups is 2. The maximum absolute atomic E-state index is 12.6. The molecule has 0 aromatic heterocycles. The van der Waals surface area contributed by atoms with E-state index in [0.29, 0.717) is 25.3 Å². The third-order valence-corrected chi connectivity index (χ3v) is 6.55. The second-order valence-electron chi connectivity index (χ2n) is 8.21. The molecule has 7 unspecified atom stereocenters. The summed E-state index contributed by atoms with van der Waals surface area (Å²) in [6, 6.07) is 0.460. The molecule has 7 atom stereocenters. The number of carbonyl (C=O) groups excluding carboxylic acids is 2. The molecule has 148 valence electrons. The van der Waals surface area contributed by atoms with E-state index in [0.717, 1.165) is 12.8 Å². The minimum absolute atomic E-state index is 0.00984. The van der Waals surface area contributed by atoms with Crippen LogP contribution in [0, 0.1) is 5.92 Å². The number of nitrogens with zero attached hydrogens (tertiary/aromatic N) is 2. The smallest absolute Gasteiger partial charge is 0.267 e. The average Bonchev–Trinajstić information content (AvgIpc) is 3.12. The van der Waals surface area contributed by atoms with E-state index in [9.17, 15) is 9.59 Å². The number of piperidine rings is 1. The lowest BCUT2D eigenvalue weighted by molar-refractivity contribution is -0.152. The highest BCUT2D eigenvalue weighted by atomic mass is 35.5. The summed E-state index contributed by atoms with van der Waals surface area (Å²) in [4.78, 5) is 24.8. The zero-order valence-electron chi connectivity index (χ0n) is 16.1. The van der Waals surface area contributed by atoms with Gasteiger partial charge in [-0.2, -0.15) is 0 Å². The van der Waals surface area contributed by atoms with Gasteiger partial charge in [0.2, 0.25) is 5.91 Å². The van der Waals surface area contributed by atoms with Crippen molar-refractivity contribution in [1.29, 1.82) is 0 Å². The number of halogens is 1. The van der Waals surface area contributed by atoms with E-state index in [1.54, 1.807) is 0 Å². The number of hydrogen-bond donors (Lipinski definition) is 2. The Labute approximate surface area is 160 Å². The van der Waals surface area contributed by atoms with E-state index in [-0.39, 0.29) is 41.4 Å². The molecule has 0 bridgehead atoms. The summed E-state index contributed by atoms with van der Waals surface area (Å²) in [6.07, 6.45) is 2.37. The van der Waals surface area contributed by atoms with Gasteiger partial charge in [0.15, 0.2) is 0 Å². The van der Waals surface area contributed by atoms with E-state index < -0.39 is 6.10 Å². The van der Waals surface area contributed by atoms with Crippen molar-refractivity contribution in [2.45, 2.75) is 89.1 Å². The summed E-state index contributed by atoms with van der Waals surface area (Å²) in [6.45, 7) is 8.90. The molecule has 3 aliphatic heterocycles. The zero-order chi connectivity index (χ0) is 19.0. The second-order valence-corrected chi connectivity index (χ2v) is 8.72. The Morgan fingerprint density at radius 3 is 2.65 bits per heavy atom. The summed E-state index contributed by atoms with van der Waals surface area (Å²) in [5.41, 5.74) is 6.16. The van der Waals surface area contributed by atoms with Crippen LogP contribution < -0.4 is 10.9 Å². The van der Waals surface area contributed by atoms with E-state index in [1.807, 2.05) is 6.92 Å². The highest BCUT2D eigenvalue weighted by Crippen LogP contribution is 2.26. The lowest BCUT2D eigenvalue weighted by Crippen LogP contribution is -2.56. The van der Waals surface area contributed by atoms with E-state index in [4.69, 9.17) is 16.3 Å². The minimum atomic E-state index is -0.499. The predicted octanol–water partition coefficient (Wildman–Crippen LogP) is 1.42. The number of nitrogens with one attached hydrogen (secondary N) is 2. The molecule has 3 heterocycles. The lowest BCUT2D eigenvalue weighted by Gasteiger charge is -2.36. The van der Waals surface area contributed by atoms with Crippen molar-refractivity contribution < 1.29 is 14.3 Å². The molecule has 26 heavy (non-hydrogen) atoms. The number of hydrazine groups is 2. The van der Waals surface area contributed by atoms with Crippen LogP contribution in [0.2, 0.25) is 0 Å². The summed E-state index contributed by atoms with van der Waals surface area (Å²) < 4.78 is 5.96. The molecule has 7 nitrogen and oxygen atoms in total. The van der Waals surface area contributed by atoms with E-state index >= 15 is 0 Å². The number of alkyl halides is 1. The predicted molar refractivity (Wildman–Crippen MR) is 99.2 cm³/mol. The fourth-order valence-electron chi connectivity index (χ4n) is 4.29. The highest BCUT2D eigenvalue weighted by Gasteiger charge is 2.39. The number of ether oxygens (including phenoxy) is 1. The van der Waals surface area contributed by atoms with Gasteiger partial charge in [0.05, 0.1) is 17.5 Å². The molecule has 2 amide bonds. The van der Waals surface area contributed by atoms with Crippen molar-refractivity contribution in [2.24, 2.45) is 5.92 Å². The quantitative estimate of drug-likeness (QED) is 0.715. The fourth-order valence-corrected chi connectivity index (χ4v) is 4.48. The lowest BCUT2D eigenvalue weighted by atomic mass is 9.94. The molecule has 3 saturated heterocycles. The van der Waals surface area contributed by atoms with Gasteiger partial charge in [0, 0.05) is 25.0 Å². The van der Waals surface area contributed by atoms with Crippen LogP contribution in [0.3, 0.4) is 0 Å². The van der Waals surface area contributed by atoms with Crippen LogP contribution in [0.15, 0.2) is 0 Å². The van der Waals surface area contributed by atoms with E-state index in [2.05, 4.69) is 36.6 Å². The van der Waals surface area contributed by atoms with Crippen LogP contribution in [0.5, 0.6) is 0 Å². The van der Waals surface area contributed by atoms with Crippen molar-refractivity contribution in [3.63, 3.8) is 0 Å². The van der Waals surface area contributed by atoms with Crippen LogP contribution >= 0.6 is 11.6 Å². The number of hydrogen-bond acceptors (Lipinski definition) is 5. The van der Waals surface area contributed by atoms with E-state index in [1.165, 1.54) is 5.01 Å². The van der Waals surface area contributed by atoms with Crippen LogP contribution in [0.4, 0.5) is 0 Å². The summed E-state index contributed by atoms with van der Waals surface area (Å²) in [7, 11) is 0. The Morgan fingerprint density at radius 1 is 1.31 bits per heavy atom. The molecule has 8 heteroatoms. The van der Waals surface area contributed by atoms with Gasteiger partial charge >= 0.3 is 0 Å². The van der Waals surface area contributed by atoms with Gasteiger partial charge in [-0.25, -0.2) is 5.01 Å². The normalized spacial score (nSPS) is 41.7. The Balaban J connectivity index is 1.49. The topological polar surface area (TPSA) is 73.9 Å². The minimum Gasteiger partial charge on any atom is -0.364 e. The van der Waals surface area contributed by atoms with Crippen molar-refractivity contribution >= 4 is 23.4 Å². The molecule has 0 aromatic carbocycles. The molecular weight excluding hydrogens is 356 g/mol. The first kappa shape index (κ1) is 19.9. The Morgan fingerprint density at radius 2 is 2.04 bits per heavy atom. The first-order valence-electron chi connectivity index (χ1n) is 9.71. The third kappa shape index (κ3) is 4.16. The van der Waals surface area contributed by atoms with Crippen LogP contribution in [0.25, 0.3) is 0 Å². The maximum atomic E-state index is 12.6. The van der Waals surface area contributed by atoms with Crippen LogP contribution in [0.1, 0.15) is 53.4 Å². The van der Waals surface area contributed by atoms with Crippen molar-refractivity contribution in [1.82, 2.24) is 20.9 Å². The van der Waals surface area contributed by atoms with Gasteiger partial charge in [-0.15, -0.1) is 11.6 Å². The molecule has 0 spiro atoms. The Bertz CT molecular complexity index is 549. The molecule has 0 radical (unpaired) electrons. The first-order chi connectivity index (χ1) is 12.3. The van der Waals surface area contributed by atoms with Gasteiger partial charge in [0.25, 0.3) is 5.91 Å². The number of amides is 2. The monoisotopic (exact) mass is 386 g/mol. The van der Waals surface area contributed by atoms with Gasteiger partial charge in [-0.05, 0) is 46.0 Å². The molecule has 0 saturated carbocycles. The SMILES string of the molecule is CC1CC(=O)N(NC(=O)C2CCC(CN3NC(C)C(Cl)C3C)O2)C(C)C1. The van der Waals surface area contributed by atoms with Crippen molar-refractivity contribution in [2.75, 3.05) is 6.54 Å². The zero-order valence-corrected chi connectivity index (χ0v) is 16.8. The first-order valence-corrected chi connectivity index (χ1v) is 10.1. The fraction of sp³-hybridized carbons (Fsp3) is 0.889. The van der Waals surface area contributed by atoms with Gasteiger partial charge in [-0.3, -0.25) is 25.4 Å². The summed E-state index contributed by atoms with van der Waals surface area (Å²) in [5, 5.41) is 3.66. The van der Waals surface area contributed by atoms with Crippen LogP contribution in [-0.2, 0) is 14.3 Å². The molecule has 3 rings (SSSR count). The third-order valence-electron chi connectivity index (χ3n) is 5.81. The summed E-state index contributed by atoms with van der Waals surface area (Å²) in [5.74, 6) is 0.130. The van der Waals surface area contributed by atoms with Gasteiger partial charge in [0.1, 0.15) is 6.10 Å². The number of rotatable bonds is 4. The summed E-state index contributed by atoms with van der Waals surface area (Å²) >= 11 is 6.37. The second kappa shape index (κ2) is 8.00. The van der Waals surface area contributed by atoms with Crippen molar-refractivity contribution in [3.8, 4) is 0 Å². The standard InChI is InChI=1S/C18H31ClN4O3/c1-10-7-11(2)23(16(24)8-10)21-18(25)15-6-5-14(26-15)9-22-13(4)17(19)12(3)20-22/h10-15,17,20H,5-9H2,1-4H3,(H,21,25). The molecule has 0 aliphatic carbocycles.